The molecule has 1 saturated heterocycles. The van der Waals surface area contributed by atoms with Gasteiger partial charge in [-0.15, -0.1) is 0 Å². The summed E-state index contributed by atoms with van der Waals surface area (Å²) in [5.74, 6) is -0.606. The zero-order valence-corrected chi connectivity index (χ0v) is 14.4. The molecule has 2 heterocycles. The topological polar surface area (TPSA) is 75.4 Å². The van der Waals surface area contributed by atoms with E-state index in [1.165, 1.54) is 25.5 Å². The number of piperidine rings is 1. The average molecular weight is 333 g/mol. The lowest BCUT2D eigenvalue weighted by Crippen LogP contribution is -2.48. The van der Waals surface area contributed by atoms with E-state index in [2.05, 4.69) is 12.0 Å². The van der Waals surface area contributed by atoms with Gasteiger partial charge in [-0.1, -0.05) is 26.2 Å². The summed E-state index contributed by atoms with van der Waals surface area (Å²) in [6, 6.07) is 0.186. The minimum absolute atomic E-state index is 0.132. The highest BCUT2D eigenvalue weighted by Gasteiger charge is 2.41. The lowest BCUT2D eigenvalue weighted by atomic mass is 9.71. The Labute approximate surface area is 142 Å². The number of carboxylic acid groups (broad SMARTS) is 1. The quantitative estimate of drug-likeness (QED) is 0.918. The molecule has 1 aromatic rings. The summed E-state index contributed by atoms with van der Waals surface area (Å²) in [7, 11) is 0. The number of carbonyl (C=O) groups is 2. The van der Waals surface area contributed by atoms with E-state index in [-0.39, 0.29) is 17.0 Å². The number of aromatic carboxylic acids is 1. The van der Waals surface area contributed by atoms with Gasteiger partial charge in [0.15, 0.2) is 0 Å². The Morgan fingerprint density at radius 1 is 1.25 bits per heavy atom. The lowest BCUT2D eigenvalue weighted by Gasteiger charge is -2.41. The van der Waals surface area contributed by atoms with Crippen LogP contribution in [0.1, 0.15) is 74.7 Å². The fourth-order valence-corrected chi connectivity index (χ4v) is 4.26. The molecule has 132 valence electrons. The molecule has 1 aliphatic carbocycles. The van der Waals surface area contributed by atoms with Gasteiger partial charge in [0.05, 0.1) is 17.8 Å². The van der Waals surface area contributed by atoms with Gasteiger partial charge < -0.3 is 10.0 Å². The maximum atomic E-state index is 13.1. The number of carbonyl (C=O) groups excluding carboxylic acids is 1. The predicted molar refractivity (Wildman–Crippen MR) is 89.8 cm³/mol. The van der Waals surface area contributed by atoms with Crippen molar-refractivity contribution in [2.24, 2.45) is 5.41 Å². The van der Waals surface area contributed by atoms with Gasteiger partial charge in [0.25, 0.3) is 0 Å². The van der Waals surface area contributed by atoms with Crippen molar-refractivity contribution < 1.29 is 14.7 Å². The lowest BCUT2D eigenvalue weighted by molar-refractivity contribution is -0.146. The third-order valence-electron chi connectivity index (χ3n) is 5.92. The van der Waals surface area contributed by atoms with Gasteiger partial charge in [0, 0.05) is 24.7 Å². The van der Waals surface area contributed by atoms with Crippen molar-refractivity contribution in [2.75, 3.05) is 13.1 Å². The van der Waals surface area contributed by atoms with Gasteiger partial charge in [0.2, 0.25) is 5.91 Å². The van der Waals surface area contributed by atoms with Crippen LogP contribution in [0.2, 0.25) is 0 Å². The standard InChI is InChI=1S/C18H27N3O3/c1-2-18(8-4-3-5-9-18)17(24)20-10-6-15(7-11-20)21-13-14(12-19-21)16(22)23/h12-13,15H,2-11H2,1H3,(H,22,23). The molecule has 0 atom stereocenters. The minimum atomic E-state index is -0.948. The van der Waals surface area contributed by atoms with Crippen molar-refractivity contribution in [1.82, 2.24) is 14.7 Å². The van der Waals surface area contributed by atoms with E-state index < -0.39 is 5.97 Å². The second-order valence-electron chi connectivity index (χ2n) is 7.23. The van der Waals surface area contributed by atoms with Crippen molar-refractivity contribution in [3.8, 4) is 0 Å². The maximum absolute atomic E-state index is 13.1. The zero-order chi connectivity index (χ0) is 17.2. The predicted octanol–water partition coefficient (Wildman–Crippen LogP) is 3.11. The highest BCUT2D eigenvalue weighted by atomic mass is 16.4. The normalized spacial score (nSPS) is 21.6. The van der Waals surface area contributed by atoms with E-state index in [0.29, 0.717) is 5.91 Å². The van der Waals surface area contributed by atoms with Gasteiger partial charge in [0.1, 0.15) is 0 Å². The van der Waals surface area contributed by atoms with E-state index in [0.717, 1.165) is 45.2 Å². The third kappa shape index (κ3) is 3.19. The van der Waals surface area contributed by atoms with Crippen LogP contribution in [0, 0.1) is 5.41 Å². The second kappa shape index (κ2) is 6.95. The van der Waals surface area contributed by atoms with Gasteiger partial charge in [-0.3, -0.25) is 9.48 Å². The Morgan fingerprint density at radius 2 is 1.92 bits per heavy atom. The number of hydrogen-bond acceptors (Lipinski definition) is 3. The molecule has 6 nitrogen and oxygen atoms in total. The van der Waals surface area contributed by atoms with Crippen molar-refractivity contribution in [1.29, 1.82) is 0 Å². The van der Waals surface area contributed by atoms with Gasteiger partial charge in [-0.2, -0.15) is 5.10 Å². The van der Waals surface area contributed by atoms with Crippen LogP contribution in [0.5, 0.6) is 0 Å². The molecule has 0 radical (unpaired) electrons. The fraction of sp³-hybridized carbons (Fsp3) is 0.722. The second-order valence-corrected chi connectivity index (χ2v) is 7.23. The van der Waals surface area contributed by atoms with Crippen LogP contribution in [0.15, 0.2) is 12.4 Å². The summed E-state index contributed by atoms with van der Waals surface area (Å²) in [5.41, 5.74) is 0.0911. The van der Waals surface area contributed by atoms with Crippen molar-refractivity contribution in [2.45, 2.75) is 64.3 Å². The molecule has 0 spiro atoms. The summed E-state index contributed by atoms with van der Waals surface area (Å²) in [6.45, 7) is 3.63. The van der Waals surface area contributed by atoms with Crippen LogP contribution in [-0.4, -0.2) is 44.8 Å². The number of likely N-dealkylation sites (tertiary alicyclic amines) is 1. The molecule has 1 aromatic heterocycles. The summed E-state index contributed by atoms with van der Waals surface area (Å²) in [6.07, 6.45) is 11.3. The molecule has 2 fully saturated rings. The summed E-state index contributed by atoms with van der Waals surface area (Å²) in [5, 5.41) is 13.2. The van der Waals surface area contributed by atoms with Crippen LogP contribution in [0.4, 0.5) is 0 Å². The highest BCUT2D eigenvalue weighted by Crippen LogP contribution is 2.41. The molecule has 1 aliphatic heterocycles. The van der Waals surface area contributed by atoms with Crippen LogP contribution in [0.25, 0.3) is 0 Å². The summed E-state index contributed by atoms with van der Waals surface area (Å²) < 4.78 is 1.75. The van der Waals surface area contributed by atoms with Gasteiger partial charge >= 0.3 is 5.97 Å². The maximum Gasteiger partial charge on any atom is 0.338 e. The number of hydrogen-bond donors (Lipinski definition) is 1. The first kappa shape index (κ1) is 17.0. The first-order chi connectivity index (χ1) is 11.6. The fourth-order valence-electron chi connectivity index (χ4n) is 4.26. The Hall–Kier alpha value is -1.85. The molecule has 0 unspecified atom stereocenters. The number of amides is 1. The molecule has 1 amide bonds. The minimum Gasteiger partial charge on any atom is -0.478 e. The van der Waals surface area contributed by atoms with Gasteiger partial charge in [-0.25, -0.2) is 4.79 Å². The molecule has 1 N–H and O–H groups in total. The first-order valence-electron chi connectivity index (χ1n) is 9.12. The Bertz CT molecular complexity index is 596. The molecule has 0 bridgehead atoms. The van der Waals surface area contributed by atoms with E-state index in [4.69, 9.17) is 5.11 Å². The van der Waals surface area contributed by atoms with E-state index >= 15 is 0 Å². The number of aromatic nitrogens is 2. The molecular formula is C18H27N3O3. The molecule has 1 saturated carbocycles. The van der Waals surface area contributed by atoms with Crippen LogP contribution in [-0.2, 0) is 4.79 Å². The molecule has 2 aliphatic rings. The van der Waals surface area contributed by atoms with E-state index in [9.17, 15) is 9.59 Å². The molecule has 3 rings (SSSR count). The van der Waals surface area contributed by atoms with Crippen LogP contribution < -0.4 is 0 Å². The Morgan fingerprint density at radius 3 is 2.46 bits per heavy atom. The average Bonchev–Trinajstić information content (AvgIpc) is 3.12. The highest BCUT2D eigenvalue weighted by molar-refractivity contribution is 5.86. The molecule has 6 heteroatoms. The third-order valence-corrected chi connectivity index (χ3v) is 5.92. The summed E-state index contributed by atoms with van der Waals surface area (Å²) >= 11 is 0. The summed E-state index contributed by atoms with van der Waals surface area (Å²) in [4.78, 5) is 26.1. The molecular weight excluding hydrogens is 306 g/mol. The zero-order valence-electron chi connectivity index (χ0n) is 14.4. The van der Waals surface area contributed by atoms with Crippen LogP contribution >= 0.6 is 0 Å². The largest absolute Gasteiger partial charge is 0.478 e. The Kier molecular flexibility index (Phi) is 4.92. The van der Waals surface area contributed by atoms with Crippen molar-refractivity contribution in [3.05, 3.63) is 18.0 Å². The van der Waals surface area contributed by atoms with E-state index in [1.54, 1.807) is 10.9 Å². The number of rotatable bonds is 4. The molecule has 24 heavy (non-hydrogen) atoms. The monoisotopic (exact) mass is 333 g/mol. The Balaban J connectivity index is 1.61. The van der Waals surface area contributed by atoms with Crippen molar-refractivity contribution >= 4 is 11.9 Å². The number of carboxylic acids is 1. The SMILES string of the molecule is CCC1(C(=O)N2CCC(n3cc(C(=O)O)cn3)CC2)CCCCC1. The van der Waals surface area contributed by atoms with Crippen molar-refractivity contribution in [3.63, 3.8) is 0 Å². The molecule has 0 aromatic carbocycles. The number of nitrogens with zero attached hydrogens (tertiary/aromatic N) is 3. The van der Waals surface area contributed by atoms with E-state index in [1.807, 2.05) is 4.90 Å². The smallest absolute Gasteiger partial charge is 0.338 e. The van der Waals surface area contributed by atoms with Gasteiger partial charge in [-0.05, 0) is 32.1 Å². The van der Waals surface area contributed by atoms with Crippen LogP contribution in [0.3, 0.4) is 0 Å². The first-order valence-corrected chi connectivity index (χ1v) is 9.12.